The molecule has 1 saturated carbocycles. The van der Waals surface area contributed by atoms with Crippen LogP contribution in [-0.4, -0.2) is 30.6 Å². The third kappa shape index (κ3) is 3.85. The predicted molar refractivity (Wildman–Crippen MR) is 105 cm³/mol. The lowest BCUT2D eigenvalue weighted by Gasteiger charge is -2.19. The molecule has 2 aliphatic rings. The summed E-state index contributed by atoms with van der Waals surface area (Å²) in [7, 11) is 0. The molecular formula is C22H27N3O. The molecule has 2 atom stereocenters. The Morgan fingerprint density at radius 3 is 2.65 bits per heavy atom. The summed E-state index contributed by atoms with van der Waals surface area (Å²) in [5.41, 5.74) is 3.84. The van der Waals surface area contributed by atoms with Gasteiger partial charge in [0.25, 0.3) is 0 Å². The number of carbonyl (C=O) groups excluding carboxylic acids is 1. The Labute approximate surface area is 155 Å². The van der Waals surface area contributed by atoms with E-state index in [0.717, 1.165) is 25.3 Å². The highest BCUT2D eigenvalue weighted by atomic mass is 16.2. The van der Waals surface area contributed by atoms with Crippen LogP contribution in [0.1, 0.15) is 36.3 Å². The molecule has 2 N–H and O–H groups in total. The Morgan fingerprint density at radius 1 is 1.04 bits per heavy atom. The van der Waals surface area contributed by atoms with Gasteiger partial charge in [-0.05, 0) is 48.3 Å². The van der Waals surface area contributed by atoms with E-state index in [-0.39, 0.29) is 6.03 Å². The van der Waals surface area contributed by atoms with Gasteiger partial charge in [0.15, 0.2) is 0 Å². The van der Waals surface area contributed by atoms with E-state index < -0.39 is 0 Å². The zero-order valence-corrected chi connectivity index (χ0v) is 15.2. The molecule has 0 unspecified atom stereocenters. The summed E-state index contributed by atoms with van der Waals surface area (Å²) in [5, 5.41) is 6.53. The van der Waals surface area contributed by atoms with Crippen molar-refractivity contribution in [3.05, 3.63) is 65.7 Å². The van der Waals surface area contributed by atoms with Crippen LogP contribution in [0.4, 0.5) is 10.5 Å². The van der Waals surface area contributed by atoms with Gasteiger partial charge in [-0.15, -0.1) is 0 Å². The molecule has 1 heterocycles. The number of rotatable bonds is 6. The van der Waals surface area contributed by atoms with Crippen LogP contribution < -0.4 is 10.6 Å². The van der Waals surface area contributed by atoms with E-state index in [0.29, 0.717) is 18.4 Å². The van der Waals surface area contributed by atoms with Crippen molar-refractivity contribution < 1.29 is 4.79 Å². The number of amides is 2. The molecule has 4 nitrogen and oxygen atoms in total. The van der Waals surface area contributed by atoms with Gasteiger partial charge in [0.05, 0.1) is 0 Å². The van der Waals surface area contributed by atoms with Crippen molar-refractivity contribution in [1.29, 1.82) is 0 Å². The molecule has 4 heteroatoms. The van der Waals surface area contributed by atoms with E-state index >= 15 is 0 Å². The van der Waals surface area contributed by atoms with Gasteiger partial charge in [-0.1, -0.05) is 48.5 Å². The summed E-state index contributed by atoms with van der Waals surface area (Å²) in [4.78, 5) is 13.7. The standard InChI is InChI=1S/C22H27N3O/c26-22-23-12-13-25(22)16-20-8-4-5-9-21(20)24-15-17-10-11-19(14-17)18-6-2-1-3-7-18/h1-9,17,19,24H,10-16H2,(H,23,26)/t17-,19-/m1/s1. The molecule has 2 aromatic carbocycles. The van der Waals surface area contributed by atoms with Crippen LogP contribution in [0.5, 0.6) is 0 Å². The van der Waals surface area contributed by atoms with Crippen molar-refractivity contribution in [2.75, 3.05) is 25.0 Å². The molecule has 0 bridgehead atoms. The van der Waals surface area contributed by atoms with Gasteiger partial charge in [-0.25, -0.2) is 4.79 Å². The van der Waals surface area contributed by atoms with Crippen LogP contribution in [-0.2, 0) is 6.54 Å². The number of nitrogens with zero attached hydrogens (tertiary/aromatic N) is 1. The van der Waals surface area contributed by atoms with Crippen molar-refractivity contribution >= 4 is 11.7 Å². The highest BCUT2D eigenvalue weighted by Gasteiger charge is 2.26. The van der Waals surface area contributed by atoms with Crippen LogP contribution >= 0.6 is 0 Å². The summed E-state index contributed by atoms with van der Waals surface area (Å²) in [6, 6.07) is 19.3. The molecule has 0 radical (unpaired) electrons. The molecular weight excluding hydrogens is 322 g/mol. The first kappa shape index (κ1) is 17.0. The minimum Gasteiger partial charge on any atom is -0.384 e. The number of urea groups is 1. The second-order valence-electron chi connectivity index (χ2n) is 7.48. The zero-order chi connectivity index (χ0) is 17.8. The summed E-state index contributed by atoms with van der Waals surface area (Å²) in [6.07, 6.45) is 3.82. The summed E-state index contributed by atoms with van der Waals surface area (Å²) in [6.45, 7) is 3.21. The fourth-order valence-corrected chi connectivity index (χ4v) is 4.24. The maximum Gasteiger partial charge on any atom is 0.317 e. The molecule has 2 fully saturated rings. The Balaban J connectivity index is 1.34. The molecule has 0 aromatic heterocycles. The first-order valence-electron chi connectivity index (χ1n) is 9.69. The van der Waals surface area contributed by atoms with Crippen LogP contribution in [0, 0.1) is 5.92 Å². The number of hydrogen-bond donors (Lipinski definition) is 2. The Morgan fingerprint density at radius 2 is 1.85 bits per heavy atom. The SMILES string of the molecule is O=C1NCCN1Cc1ccccc1NC[C@@H]1CC[C@@H](c2ccccc2)C1. The summed E-state index contributed by atoms with van der Waals surface area (Å²) >= 11 is 0. The van der Waals surface area contributed by atoms with Crippen LogP contribution in [0.3, 0.4) is 0 Å². The van der Waals surface area contributed by atoms with Crippen molar-refractivity contribution in [3.63, 3.8) is 0 Å². The molecule has 4 rings (SSSR count). The number of benzene rings is 2. The lowest BCUT2D eigenvalue weighted by Crippen LogP contribution is -2.28. The molecule has 1 aliphatic heterocycles. The molecule has 2 amide bonds. The lowest BCUT2D eigenvalue weighted by molar-refractivity contribution is 0.215. The van der Waals surface area contributed by atoms with E-state index in [1.165, 1.54) is 30.4 Å². The first-order valence-corrected chi connectivity index (χ1v) is 9.69. The van der Waals surface area contributed by atoms with E-state index in [1.54, 1.807) is 0 Å². The number of nitrogens with one attached hydrogen (secondary N) is 2. The fraction of sp³-hybridized carbons (Fsp3) is 0.409. The normalized spacial score (nSPS) is 22.5. The predicted octanol–water partition coefficient (Wildman–Crippen LogP) is 4.21. The van der Waals surface area contributed by atoms with Gasteiger partial charge in [-0.2, -0.15) is 0 Å². The minimum atomic E-state index is 0.0429. The van der Waals surface area contributed by atoms with Crippen molar-refractivity contribution in [3.8, 4) is 0 Å². The molecule has 136 valence electrons. The van der Waals surface area contributed by atoms with Gasteiger partial charge in [0.1, 0.15) is 0 Å². The minimum absolute atomic E-state index is 0.0429. The van der Waals surface area contributed by atoms with E-state index in [4.69, 9.17) is 0 Å². The van der Waals surface area contributed by atoms with Crippen molar-refractivity contribution in [2.45, 2.75) is 31.7 Å². The Kier molecular flexibility index (Phi) is 5.09. The smallest absolute Gasteiger partial charge is 0.317 e. The second-order valence-corrected chi connectivity index (χ2v) is 7.48. The third-order valence-electron chi connectivity index (χ3n) is 5.72. The number of para-hydroxylation sites is 1. The van der Waals surface area contributed by atoms with Gasteiger partial charge in [0, 0.05) is 31.9 Å². The molecule has 1 aliphatic carbocycles. The maximum atomic E-state index is 11.8. The van der Waals surface area contributed by atoms with E-state index in [1.807, 2.05) is 4.90 Å². The molecule has 0 spiro atoms. The lowest BCUT2D eigenvalue weighted by atomic mass is 9.96. The topological polar surface area (TPSA) is 44.4 Å². The quantitative estimate of drug-likeness (QED) is 0.820. The fourth-order valence-electron chi connectivity index (χ4n) is 4.24. The van der Waals surface area contributed by atoms with Gasteiger partial charge in [0.2, 0.25) is 0 Å². The van der Waals surface area contributed by atoms with Crippen LogP contribution in [0.2, 0.25) is 0 Å². The largest absolute Gasteiger partial charge is 0.384 e. The molecule has 26 heavy (non-hydrogen) atoms. The van der Waals surface area contributed by atoms with Gasteiger partial charge < -0.3 is 15.5 Å². The first-order chi connectivity index (χ1) is 12.8. The summed E-state index contributed by atoms with van der Waals surface area (Å²) < 4.78 is 0. The van der Waals surface area contributed by atoms with Crippen LogP contribution in [0.15, 0.2) is 54.6 Å². The summed E-state index contributed by atoms with van der Waals surface area (Å²) in [5.74, 6) is 1.41. The highest BCUT2D eigenvalue weighted by Crippen LogP contribution is 2.38. The Hall–Kier alpha value is -2.49. The van der Waals surface area contributed by atoms with Crippen molar-refractivity contribution in [1.82, 2.24) is 10.2 Å². The van der Waals surface area contributed by atoms with Gasteiger partial charge in [-0.3, -0.25) is 0 Å². The number of hydrogen-bond acceptors (Lipinski definition) is 2. The average molecular weight is 349 g/mol. The highest BCUT2D eigenvalue weighted by molar-refractivity contribution is 5.76. The Bertz CT molecular complexity index is 746. The third-order valence-corrected chi connectivity index (χ3v) is 5.72. The zero-order valence-electron chi connectivity index (χ0n) is 15.2. The van der Waals surface area contributed by atoms with Crippen molar-refractivity contribution in [2.24, 2.45) is 5.92 Å². The molecule has 2 aromatic rings. The average Bonchev–Trinajstić information content (AvgIpc) is 3.31. The van der Waals surface area contributed by atoms with E-state index in [2.05, 4.69) is 65.2 Å². The molecule has 1 saturated heterocycles. The number of carbonyl (C=O) groups is 1. The van der Waals surface area contributed by atoms with Gasteiger partial charge >= 0.3 is 6.03 Å². The van der Waals surface area contributed by atoms with Crippen LogP contribution in [0.25, 0.3) is 0 Å². The number of anilines is 1. The second kappa shape index (κ2) is 7.81. The monoisotopic (exact) mass is 349 g/mol. The maximum absolute atomic E-state index is 11.8. The van der Waals surface area contributed by atoms with E-state index in [9.17, 15) is 4.79 Å².